The Labute approximate surface area is 122 Å². The molecule has 0 bridgehead atoms. The molecule has 1 N–H and O–H groups in total. The van der Waals surface area contributed by atoms with E-state index in [0.717, 1.165) is 17.9 Å². The van der Waals surface area contributed by atoms with E-state index in [-0.39, 0.29) is 0 Å². The summed E-state index contributed by atoms with van der Waals surface area (Å²) < 4.78 is 7.98. The number of hydrogen-bond donors (Lipinski definition) is 1. The number of nitrogens with one attached hydrogen (secondary N) is 1. The van der Waals surface area contributed by atoms with Gasteiger partial charge in [-0.2, -0.15) is 4.98 Å². The van der Waals surface area contributed by atoms with E-state index in [4.69, 9.17) is 4.74 Å². The van der Waals surface area contributed by atoms with Gasteiger partial charge < -0.3 is 10.1 Å². The summed E-state index contributed by atoms with van der Waals surface area (Å²) in [7, 11) is 0. The lowest BCUT2D eigenvalue weighted by Crippen LogP contribution is -2.17. The lowest BCUT2D eigenvalue weighted by atomic mass is 10.4. The van der Waals surface area contributed by atoms with Gasteiger partial charge in [0, 0.05) is 25.0 Å². The van der Waals surface area contributed by atoms with E-state index in [0.29, 0.717) is 17.7 Å². The summed E-state index contributed by atoms with van der Waals surface area (Å²) in [5.41, 5.74) is 1.94. The molecule has 0 aliphatic heterocycles. The van der Waals surface area contributed by atoms with E-state index in [1.807, 2.05) is 36.5 Å². The van der Waals surface area contributed by atoms with Gasteiger partial charge in [-0.3, -0.25) is 9.38 Å². The zero-order valence-corrected chi connectivity index (χ0v) is 11.6. The first kappa shape index (κ1) is 12.3. The fourth-order valence-corrected chi connectivity index (χ4v) is 2.32. The molecule has 0 amide bonds. The van der Waals surface area contributed by atoms with Gasteiger partial charge in [0.05, 0.1) is 6.20 Å². The Hall–Kier alpha value is -2.40. The normalized spacial score (nSPS) is 14.5. The van der Waals surface area contributed by atoms with Crippen LogP contribution in [-0.2, 0) is 6.54 Å². The van der Waals surface area contributed by atoms with Gasteiger partial charge in [0.2, 0.25) is 5.88 Å². The van der Waals surface area contributed by atoms with Crippen LogP contribution in [0.15, 0.2) is 48.9 Å². The first-order valence-corrected chi connectivity index (χ1v) is 7.17. The summed E-state index contributed by atoms with van der Waals surface area (Å²) in [6, 6.07) is 10.3. The van der Waals surface area contributed by atoms with Crippen molar-refractivity contribution in [1.29, 1.82) is 0 Å². The van der Waals surface area contributed by atoms with E-state index in [9.17, 15) is 0 Å². The highest BCUT2D eigenvalue weighted by Crippen LogP contribution is 2.26. The Morgan fingerprint density at radius 3 is 3.00 bits per heavy atom. The molecule has 0 radical (unpaired) electrons. The number of rotatable bonds is 5. The van der Waals surface area contributed by atoms with Crippen LogP contribution in [0.3, 0.4) is 0 Å². The predicted octanol–water partition coefficient (Wildman–Crippen LogP) is 2.77. The maximum Gasteiger partial charge on any atom is 0.242 e. The summed E-state index contributed by atoms with van der Waals surface area (Å²) in [5, 5.41) is 3.52. The van der Waals surface area contributed by atoms with Gasteiger partial charge in [-0.25, -0.2) is 0 Å². The predicted molar refractivity (Wildman–Crippen MR) is 79.4 cm³/mol. The number of fused-ring (bicyclic) bond motifs is 1. The third-order valence-corrected chi connectivity index (χ3v) is 3.58. The molecule has 1 aliphatic carbocycles. The van der Waals surface area contributed by atoms with Crippen molar-refractivity contribution in [2.75, 3.05) is 0 Å². The molecule has 1 aliphatic rings. The van der Waals surface area contributed by atoms with Crippen LogP contribution < -0.4 is 10.1 Å². The Bertz CT molecular complexity index is 749. The molecule has 3 aromatic rings. The second-order valence-electron chi connectivity index (χ2n) is 5.24. The maximum atomic E-state index is 5.91. The third-order valence-electron chi connectivity index (χ3n) is 3.58. The minimum absolute atomic E-state index is 0.641. The molecule has 21 heavy (non-hydrogen) atoms. The van der Waals surface area contributed by atoms with Crippen molar-refractivity contribution in [3.8, 4) is 11.6 Å². The van der Waals surface area contributed by atoms with E-state index in [1.165, 1.54) is 12.8 Å². The molecule has 1 saturated carbocycles. The van der Waals surface area contributed by atoms with Gasteiger partial charge in [-0.1, -0.05) is 6.07 Å². The highest BCUT2D eigenvalue weighted by Gasteiger charge is 2.22. The average molecular weight is 280 g/mol. The maximum absolute atomic E-state index is 5.91. The highest BCUT2D eigenvalue weighted by molar-refractivity contribution is 5.46. The van der Waals surface area contributed by atoms with Gasteiger partial charge in [0.15, 0.2) is 0 Å². The average Bonchev–Trinajstić information content (AvgIpc) is 3.28. The smallest absolute Gasteiger partial charge is 0.242 e. The molecule has 4 rings (SSSR count). The fraction of sp³-hybridized carbons (Fsp3) is 0.250. The molecule has 1 fully saturated rings. The molecular weight excluding hydrogens is 264 g/mol. The molecule has 3 heterocycles. The number of ether oxygens (including phenoxy) is 1. The van der Waals surface area contributed by atoms with Crippen molar-refractivity contribution < 1.29 is 4.74 Å². The first-order valence-electron chi connectivity index (χ1n) is 7.17. The highest BCUT2D eigenvalue weighted by atomic mass is 16.5. The van der Waals surface area contributed by atoms with Gasteiger partial charge >= 0.3 is 0 Å². The number of imidazole rings is 1. The van der Waals surface area contributed by atoms with Crippen LogP contribution in [0.1, 0.15) is 18.5 Å². The third kappa shape index (κ3) is 2.60. The number of nitrogens with zero attached hydrogens (tertiary/aromatic N) is 3. The molecule has 0 unspecified atom stereocenters. The molecular formula is C16H16N4O. The van der Waals surface area contributed by atoms with Crippen LogP contribution in [-0.4, -0.2) is 20.4 Å². The van der Waals surface area contributed by atoms with Crippen molar-refractivity contribution in [1.82, 2.24) is 19.7 Å². The van der Waals surface area contributed by atoms with Gasteiger partial charge in [0.1, 0.15) is 17.1 Å². The second kappa shape index (κ2) is 5.18. The van der Waals surface area contributed by atoms with Crippen LogP contribution in [0.4, 0.5) is 0 Å². The Kier molecular flexibility index (Phi) is 3.05. The molecule has 106 valence electrons. The van der Waals surface area contributed by atoms with Crippen LogP contribution in [0.2, 0.25) is 0 Å². The van der Waals surface area contributed by atoms with E-state index < -0.39 is 0 Å². The number of pyridine rings is 2. The molecule has 0 aromatic carbocycles. The zero-order chi connectivity index (χ0) is 14.1. The minimum Gasteiger partial charge on any atom is -0.436 e. The molecule has 0 atom stereocenters. The van der Waals surface area contributed by atoms with Gasteiger partial charge in [-0.15, -0.1) is 0 Å². The Balaban J connectivity index is 1.69. The Morgan fingerprint density at radius 2 is 2.19 bits per heavy atom. The van der Waals surface area contributed by atoms with Gasteiger partial charge in [-0.05, 0) is 37.1 Å². The van der Waals surface area contributed by atoms with Gasteiger partial charge in [0.25, 0.3) is 0 Å². The van der Waals surface area contributed by atoms with Crippen molar-refractivity contribution in [2.24, 2.45) is 0 Å². The first-order chi connectivity index (χ1) is 10.4. The van der Waals surface area contributed by atoms with Crippen molar-refractivity contribution in [3.63, 3.8) is 0 Å². The van der Waals surface area contributed by atoms with E-state index in [1.54, 1.807) is 12.4 Å². The molecule has 5 heteroatoms. The molecule has 0 spiro atoms. The van der Waals surface area contributed by atoms with Crippen LogP contribution in [0.25, 0.3) is 5.65 Å². The van der Waals surface area contributed by atoms with Crippen LogP contribution in [0.5, 0.6) is 11.6 Å². The zero-order valence-electron chi connectivity index (χ0n) is 11.6. The topological polar surface area (TPSA) is 51.5 Å². The quantitative estimate of drug-likeness (QED) is 0.781. The lowest BCUT2D eigenvalue weighted by molar-refractivity contribution is 0.453. The monoisotopic (exact) mass is 280 g/mol. The molecule has 0 saturated heterocycles. The van der Waals surface area contributed by atoms with Crippen molar-refractivity contribution in [2.45, 2.75) is 25.4 Å². The van der Waals surface area contributed by atoms with E-state index in [2.05, 4.69) is 19.7 Å². The molecule has 5 nitrogen and oxygen atoms in total. The Morgan fingerprint density at radius 1 is 1.24 bits per heavy atom. The van der Waals surface area contributed by atoms with Crippen LogP contribution >= 0.6 is 0 Å². The number of aromatic nitrogens is 3. The summed E-state index contributed by atoms with van der Waals surface area (Å²) >= 11 is 0. The summed E-state index contributed by atoms with van der Waals surface area (Å²) in [4.78, 5) is 8.65. The standard InChI is InChI=1S/C16H16N4O/c1-2-9-20-14(11-18-12-6-7-12)16(19-15(20)5-1)21-13-4-3-8-17-10-13/h1-5,8-10,12,18H,6-7,11H2. The van der Waals surface area contributed by atoms with E-state index >= 15 is 0 Å². The summed E-state index contributed by atoms with van der Waals surface area (Å²) in [6.07, 6.45) is 7.96. The molecule has 3 aromatic heterocycles. The fourth-order valence-electron chi connectivity index (χ4n) is 2.32. The SMILES string of the molecule is c1cncc(Oc2nc3ccccn3c2CNC2CC2)c1. The lowest BCUT2D eigenvalue weighted by Gasteiger charge is -2.07. The largest absolute Gasteiger partial charge is 0.436 e. The summed E-state index contributed by atoms with van der Waals surface area (Å²) in [5.74, 6) is 1.34. The minimum atomic E-state index is 0.641. The second-order valence-corrected chi connectivity index (χ2v) is 5.24. The van der Waals surface area contributed by atoms with Crippen LogP contribution in [0, 0.1) is 0 Å². The number of hydrogen-bond acceptors (Lipinski definition) is 4. The van der Waals surface area contributed by atoms with Crippen molar-refractivity contribution in [3.05, 3.63) is 54.6 Å². The summed E-state index contributed by atoms with van der Waals surface area (Å²) in [6.45, 7) is 0.755. The van der Waals surface area contributed by atoms with Crippen molar-refractivity contribution >= 4 is 5.65 Å².